The minimum Gasteiger partial charge on any atom is -0.480 e. The molecule has 0 aliphatic heterocycles. The van der Waals surface area contributed by atoms with Crippen LogP contribution in [-0.4, -0.2) is 37.9 Å². The number of carbonyl (C=O) groups is 1. The highest BCUT2D eigenvalue weighted by atomic mass is 16.4. The lowest BCUT2D eigenvalue weighted by atomic mass is 9.93. The summed E-state index contributed by atoms with van der Waals surface area (Å²) in [6.07, 6.45) is 5.85. The van der Waals surface area contributed by atoms with Crippen molar-refractivity contribution in [3.8, 4) is 0 Å². The van der Waals surface area contributed by atoms with Crippen molar-refractivity contribution in [3.63, 3.8) is 0 Å². The molecule has 1 fully saturated rings. The first kappa shape index (κ1) is 12.0. The average molecular weight is 238 g/mol. The third kappa shape index (κ3) is 2.46. The highest BCUT2D eigenvalue weighted by Crippen LogP contribution is 2.40. The minimum atomic E-state index is -0.885. The molecule has 2 N–H and O–H groups in total. The van der Waals surface area contributed by atoms with Gasteiger partial charge in [0.1, 0.15) is 18.2 Å². The van der Waals surface area contributed by atoms with Crippen LogP contribution in [0.1, 0.15) is 26.2 Å². The molecule has 1 aliphatic rings. The van der Waals surface area contributed by atoms with Crippen LogP contribution in [0.3, 0.4) is 0 Å². The number of nitrogens with one attached hydrogen (secondary N) is 1. The molecule has 0 spiro atoms. The van der Waals surface area contributed by atoms with Crippen LogP contribution >= 0.6 is 0 Å². The van der Waals surface area contributed by atoms with Crippen LogP contribution in [0.5, 0.6) is 0 Å². The van der Waals surface area contributed by atoms with Crippen LogP contribution in [0.15, 0.2) is 12.7 Å². The molecular formula is C11H18N4O2. The van der Waals surface area contributed by atoms with Gasteiger partial charge in [-0.3, -0.25) is 9.48 Å². The average Bonchev–Trinajstić information content (AvgIpc) is 3.04. The summed E-state index contributed by atoms with van der Waals surface area (Å²) in [6, 6.07) is 0. The zero-order valence-corrected chi connectivity index (χ0v) is 9.96. The van der Waals surface area contributed by atoms with Gasteiger partial charge in [-0.05, 0) is 31.7 Å². The number of aliphatic carboxylic acids is 1. The van der Waals surface area contributed by atoms with Gasteiger partial charge in [0.15, 0.2) is 0 Å². The van der Waals surface area contributed by atoms with Gasteiger partial charge in [0, 0.05) is 0 Å². The molecule has 2 rings (SSSR count). The maximum Gasteiger partial charge on any atom is 0.326 e. The number of rotatable bonds is 7. The van der Waals surface area contributed by atoms with Crippen LogP contribution in [-0.2, 0) is 11.3 Å². The fraction of sp³-hybridized carbons (Fsp3) is 0.727. The third-order valence-corrected chi connectivity index (χ3v) is 3.22. The Bertz CT molecular complexity index is 375. The summed E-state index contributed by atoms with van der Waals surface area (Å²) in [7, 11) is 0. The number of carboxylic acid groups (broad SMARTS) is 1. The maximum absolute atomic E-state index is 11.6. The first-order chi connectivity index (χ1) is 8.19. The Hall–Kier alpha value is -1.43. The second kappa shape index (κ2) is 4.83. The largest absolute Gasteiger partial charge is 0.480 e. The SMILES string of the molecule is CCCNC(Cn1cncn1)(C(=O)O)C1CC1. The molecule has 0 radical (unpaired) electrons. The summed E-state index contributed by atoms with van der Waals surface area (Å²) in [5.74, 6) is -0.584. The van der Waals surface area contributed by atoms with Gasteiger partial charge in [0.2, 0.25) is 0 Å². The van der Waals surface area contributed by atoms with Crippen LogP contribution in [0.2, 0.25) is 0 Å². The van der Waals surface area contributed by atoms with Crippen LogP contribution < -0.4 is 5.32 Å². The van der Waals surface area contributed by atoms with Gasteiger partial charge < -0.3 is 10.4 Å². The van der Waals surface area contributed by atoms with E-state index in [0.29, 0.717) is 13.1 Å². The summed E-state index contributed by atoms with van der Waals surface area (Å²) in [5.41, 5.74) is -0.885. The highest BCUT2D eigenvalue weighted by molar-refractivity contribution is 5.79. The Morgan fingerprint density at radius 3 is 2.88 bits per heavy atom. The lowest BCUT2D eigenvalue weighted by Crippen LogP contribution is -2.57. The Balaban J connectivity index is 2.17. The van der Waals surface area contributed by atoms with Gasteiger partial charge >= 0.3 is 5.97 Å². The monoisotopic (exact) mass is 238 g/mol. The zero-order chi connectivity index (χ0) is 12.3. The molecule has 0 bridgehead atoms. The van der Waals surface area contributed by atoms with E-state index < -0.39 is 11.5 Å². The van der Waals surface area contributed by atoms with E-state index in [1.807, 2.05) is 6.92 Å². The molecule has 6 nitrogen and oxygen atoms in total. The molecule has 0 saturated heterocycles. The normalized spacial score (nSPS) is 18.9. The second-order valence-electron chi connectivity index (χ2n) is 4.57. The molecule has 6 heteroatoms. The van der Waals surface area contributed by atoms with Gasteiger partial charge in [-0.1, -0.05) is 6.92 Å². The summed E-state index contributed by atoms with van der Waals surface area (Å²) < 4.78 is 1.59. The number of hydrogen-bond donors (Lipinski definition) is 2. The number of hydrogen-bond acceptors (Lipinski definition) is 4. The molecule has 1 unspecified atom stereocenters. The summed E-state index contributed by atoms with van der Waals surface area (Å²) >= 11 is 0. The highest BCUT2D eigenvalue weighted by Gasteiger charge is 2.51. The fourth-order valence-corrected chi connectivity index (χ4v) is 2.14. The molecule has 1 heterocycles. The predicted octanol–water partition coefficient (Wildman–Crippen LogP) is 0.511. The second-order valence-corrected chi connectivity index (χ2v) is 4.57. The van der Waals surface area contributed by atoms with E-state index in [4.69, 9.17) is 0 Å². The first-order valence-electron chi connectivity index (χ1n) is 6.00. The van der Waals surface area contributed by atoms with E-state index in [-0.39, 0.29) is 5.92 Å². The Morgan fingerprint density at radius 1 is 1.65 bits per heavy atom. The minimum absolute atomic E-state index is 0.204. The van der Waals surface area contributed by atoms with Crippen molar-refractivity contribution >= 4 is 5.97 Å². The first-order valence-corrected chi connectivity index (χ1v) is 6.00. The van der Waals surface area contributed by atoms with Crippen molar-refractivity contribution in [1.29, 1.82) is 0 Å². The van der Waals surface area contributed by atoms with Crippen molar-refractivity contribution in [3.05, 3.63) is 12.7 Å². The van der Waals surface area contributed by atoms with E-state index in [2.05, 4.69) is 15.4 Å². The van der Waals surface area contributed by atoms with Gasteiger partial charge in [0.25, 0.3) is 0 Å². The van der Waals surface area contributed by atoms with Crippen LogP contribution in [0, 0.1) is 5.92 Å². The molecular weight excluding hydrogens is 220 g/mol. The zero-order valence-electron chi connectivity index (χ0n) is 9.96. The molecule has 1 aromatic heterocycles. The van der Waals surface area contributed by atoms with Crippen molar-refractivity contribution < 1.29 is 9.90 Å². The smallest absolute Gasteiger partial charge is 0.326 e. The van der Waals surface area contributed by atoms with Crippen LogP contribution in [0.25, 0.3) is 0 Å². The van der Waals surface area contributed by atoms with E-state index in [9.17, 15) is 9.90 Å². The molecule has 94 valence electrons. The van der Waals surface area contributed by atoms with Gasteiger partial charge in [-0.15, -0.1) is 0 Å². The van der Waals surface area contributed by atoms with Crippen molar-refractivity contribution in [1.82, 2.24) is 20.1 Å². The number of nitrogens with zero attached hydrogens (tertiary/aromatic N) is 3. The molecule has 1 aromatic rings. The van der Waals surface area contributed by atoms with Crippen molar-refractivity contribution in [2.24, 2.45) is 5.92 Å². The summed E-state index contributed by atoms with van der Waals surface area (Å²) in [6.45, 7) is 3.08. The Morgan fingerprint density at radius 2 is 2.41 bits per heavy atom. The fourth-order valence-electron chi connectivity index (χ4n) is 2.14. The Labute approximate surface area is 100 Å². The molecule has 1 aliphatic carbocycles. The van der Waals surface area contributed by atoms with Crippen LogP contribution in [0.4, 0.5) is 0 Å². The molecule has 0 amide bonds. The third-order valence-electron chi connectivity index (χ3n) is 3.22. The molecule has 1 atom stereocenters. The number of aromatic nitrogens is 3. The van der Waals surface area contributed by atoms with Gasteiger partial charge in [-0.25, -0.2) is 4.98 Å². The van der Waals surface area contributed by atoms with Crippen molar-refractivity contribution in [2.45, 2.75) is 38.3 Å². The lowest BCUT2D eigenvalue weighted by Gasteiger charge is -2.30. The van der Waals surface area contributed by atoms with E-state index in [0.717, 1.165) is 19.3 Å². The molecule has 1 saturated carbocycles. The standard InChI is InChI=1S/C11H18N4O2/c1-2-5-13-11(10(16)17,9-3-4-9)6-15-8-12-7-14-15/h7-9,13H,2-6H2,1H3,(H,16,17). The molecule has 0 aromatic carbocycles. The maximum atomic E-state index is 11.6. The van der Waals surface area contributed by atoms with E-state index in [1.165, 1.54) is 6.33 Å². The Kier molecular flexibility index (Phi) is 3.42. The van der Waals surface area contributed by atoms with E-state index in [1.54, 1.807) is 11.0 Å². The molecule has 17 heavy (non-hydrogen) atoms. The van der Waals surface area contributed by atoms with Crippen molar-refractivity contribution in [2.75, 3.05) is 6.54 Å². The van der Waals surface area contributed by atoms with Gasteiger partial charge in [0.05, 0.1) is 6.54 Å². The summed E-state index contributed by atoms with van der Waals surface area (Å²) in [5, 5.41) is 16.7. The lowest BCUT2D eigenvalue weighted by molar-refractivity contribution is -0.146. The van der Waals surface area contributed by atoms with Gasteiger partial charge in [-0.2, -0.15) is 5.10 Å². The van der Waals surface area contributed by atoms with E-state index >= 15 is 0 Å². The number of carboxylic acids is 1. The predicted molar refractivity (Wildman–Crippen MR) is 61.4 cm³/mol. The topological polar surface area (TPSA) is 80.0 Å². The summed E-state index contributed by atoms with van der Waals surface area (Å²) in [4.78, 5) is 15.5. The quantitative estimate of drug-likeness (QED) is 0.723.